The summed E-state index contributed by atoms with van der Waals surface area (Å²) in [5.74, 6) is -0.207. The normalized spacial score (nSPS) is 26.5. The second kappa shape index (κ2) is 3.47. The molecule has 3 rings (SSSR count). The molecule has 2 heterocycles. The summed E-state index contributed by atoms with van der Waals surface area (Å²) in [5, 5.41) is 5.70. The number of benzene rings is 1. The Labute approximate surface area is 101 Å². The first kappa shape index (κ1) is 11.5. The van der Waals surface area contributed by atoms with Gasteiger partial charge in [0.15, 0.2) is 0 Å². The molecule has 2 N–H and O–H groups in total. The highest BCUT2D eigenvalue weighted by Gasteiger charge is 2.49. The Hall–Kier alpha value is -1.56. The minimum absolute atomic E-state index is 0.207. The van der Waals surface area contributed by atoms with Crippen LogP contribution < -0.4 is 10.6 Å². The van der Waals surface area contributed by atoms with Gasteiger partial charge in [-0.3, -0.25) is 4.79 Å². The van der Waals surface area contributed by atoms with E-state index in [-0.39, 0.29) is 5.91 Å². The molecule has 18 heavy (non-hydrogen) atoms. The first-order valence-corrected chi connectivity index (χ1v) is 5.67. The zero-order valence-electron chi connectivity index (χ0n) is 9.40. The number of anilines is 1. The molecule has 0 aliphatic carbocycles. The van der Waals surface area contributed by atoms with Crippen LogP contribution in [0.15, 0.2) is 18.2 Å². The van der Waals surface area contributed by atoms with Gasteiger partial charge in [-0.05, 0) is 36.7 Å². The fourth-order valence-electron chi connectivity index (χ4n) is 2.71. The van der Waals surface area contributed by atoms with Crippen molar-refractivity contribution in [1.82, 2.24) is 5.32 Å². The molecule has 1 saturated heterocycles. The topological polar surface area (TPSA) is 41.1 Å². The van der Waals surface area contributed by atoms with E-state index in [9.17, 15) is 18.0 Å². The van der Waals surface area contributed by atoms with Crippen molar-refractivity contribution in [3.05, 3.63) is 29.3 Å². The number of carbonyl (C=O) groups is 1. The van der Waals surface area contributed by atoms with Gasteiger partial charge in [-0.2, -0.15) is 13.2 Å². The maximum Gasteiger partial charge on any atom is 0.416 e. The molecule has 0 bridgehead atoms. The lowest BCUT2D eigenvalue weighted by atomic mass is 9.80. The quantitative estimate of drug-likeness (QED) is 0.744. The molecule has 3 nitrogen and oxygen atoms in total. The second-order valence-electron chi connectivity index (χ2n) is 4.72. The Balaban J connectivity index is 2.14. The van der Waals surface area contributed by atoms with Gasteiger partial charge in [-0.15, -0.1) is 0 Å². The number of rotatable bonds is 0. The van der Waals surface area contributed by atoms with Gasteiger partial charge in [0.1, 0.15) is 0 Å². The van der Waals surface area contributed by atoms with Crippen molar-refractivity contribution in [2.75, 3.05) is 18.4 Å². The van der Waals surface area contributed by atoms with Gasteiger partial charge in [0.25, 0.3) is 0 Å². The number of carbonyl (C=O) groups excluding carboxylic acids is 1. The van der Waals surface area contributed by atoms with Crippen molar-refractivity contribution in [1.29, 1.82) is 0 Å². The molecular formula is C12H11F3N2O. The summed E-state index contributed by atoms with van der Waals surface area (Å²) >= 11 is 0. The number of fused-ring (bicyclic) bond motifs is 2. The highest BCUT2D eigenvalue weighted by molar-refractivity contribution is 6.06. The van der Waals surface area contributed by atoms with Crippen LogP contribution in [0.5, 0.6) is 0 Å². The lowest BCUT2D eigenvalue weighted by molar-refractivity contribution is -0.137. The number of halogens is 3. The van der Waals surface area contributed by atoms with Crippen LogP contribution in [-0.4, -0.2) is 19.0 Å². The molecule has 1 fully saturated rings. The zero-order chi connectivity index (χ0) is 13.0. The summed E-state index contributed by atoms with van der Waals surface area (Å²) in [7, 11) is 0. The van der Waals surface area contributed by atoms with Crippen LogP contribution in [0, 0.1) is 0 Å². The van der Waals surface area contributed by atoms with Crippen LogP contribution in [0.3, 0.4) is 0 Å². The van der Waals surface area contributed by atoms with Gasteiger partial charge in [0.05, 0.1) is 11.0 Å². The summed E-state index contributed by atoms with van der Waals surface area (Å²) < 4.78 is 38.1. The van der Waals surface area contributed by atoms with E-state index in [0.29, 0.717) is 30.8 Å². The third-order valence-electron chi connectivity index (χ3n) is 3.70. The Morgan fingerprint density at radius 3 is 2.67 bits per heavy atom. The molecule has 1 atom stereocenters. The molecule has 1 spiro atoms. The van der Waals surface area contributed by atoms with E-state index in [4.69, 9.17) is 0 Å². The average Bonchev–Trinajstić information content (AvgIpc) is 2.87. The molecule has 0 radical (unpaired) electrons. The van der Waals surface area contributed by atoms with Crippen LogP contribution in [0.25, 0.3) is 0 Å². The van der Waals surface area contributed by atoms with Gasteiger partial charge in [-0.25, -0.2) is 0 Å². The van der Waals surface area contributed by atoms with E-state index in [1.807, 2.05) is 0 Å². The third kappa shape index (κ3) is 1.45. The van der Waals surface area contributed by atoms with Crippen LogP contribution >= 0.6 is 0 Å². The van der Waals surface area contributed by atoms with Crippen LogP contribution in [0.4, 0.5) is 18.9 Å². The van der Waals surface area contributed by atoms with E-state index < -0.39 is 17.2 Å². The van der Waals surface area contributed by atoms with E-state index in [0.717, 1.165) is 12.1 Å². The molecule has 0 aromatic heterocycles. The molecule has 1 aromatic carbocycles. The number of nitrogens with one attached hydrogen (secondary N) is 2. The Morgan fingerprint density at radius 2 is 2.06 bits per heavy atom. The van der Waals surface area contributed by atoms with Gasteiger partial charge in [0, 0.05) is 12.2 Å². The molecule has 1 aromatic rings. The largest absolute Gasteiger partial charge is 0.416 e. The molecule has 96 valence electrons. The summed E-state index contributed by atoms with van der Waals surface area (Å²) in [5.41, 5.74) is -0.565. The fourth-order valence-corrected chi connectivity index (χ4v) is 2.71. The van der Waals surface area contributed by atoms with Gasteiger partial charge < -0.3 is 10.6 Å². The molecule has 0 unspecified atom stereocenters. The van der Waals surface area contributed by atoms with Crippen molar-refractivity contribution >= 4 is 11.6 Å². The zero-order valence-corrected chi connectivity index (χ0v) is 9.40. The maximum absolute atomic E-state index is 12.7. The smallest absolute Gasteiger partial charge is 0.325 e. The van der Waals surface area contributed by atoms with Gasteiger partial charge in [-0.1, -0.05) is 0 Å². The predicted molar refractivity (Wildman–Crippen MR) is 59.2 cm³/mol. The second-order valence-corrected chi connectivity index (χ2v) is 4.72. The van der Waals surface area contributed by atoms with Gasteiger partial charge in [0.2, 0.25) is 5.91 Å². The van der Waals surface area contributed by atoms with Crippen LogP contribution in [0.2, 0.25) is 0 Å². The SMILES string of the molecule is O=C1Nc2ccc(C(F)(F)F)cc2[C@@]12CCNC2. The summed E-state index contributed by atoms with van der Waals surface area (Å²) in [4.78, 5) is 12.0. The van der Waals surface area contributed by atoms with Crippen molar-refractivity contribution in [3.8, 4) is 0 Å². The molecule has 2 aliphatic rings. The Bertz CT molecular complexity index is 519. The van der Waals surface area contributed by atoms with Crippen molar-refractivity contribution in [3.63, 3.8) is 0 Å². The monoisotopic (exact) mass is 256 g/mol. The highest BCUT2D eigenvalue weighted by atomic mass is 19.4. The summed E-state index contributed by atoms with van der Waals surface area (Å²) in [6, 6.07) is 3.43. The average molecular weight is 256 g/mol. The molecule has 0 saturated carbocycles. The highest BCUT2D eigenvalue weighted by Crippen LogP contribution is 2.44. The fraction of sp³-hybridized carbons (Fsp3) is 0.417. The number of hydrogen-bond acceptors (Lipinski definition) is 2. The first-order chi connectivity index (χ1) is 8.43. The number of hydrogen-bond donors (Lipinski definition) is 2. The molecule has 6 heteroatoms. The van der Waals surface area contributed by atoms with Crippen molar-refractivity contribution < 1.29 is 18.0 Å². The van der Waals surface area contributed by atoms with Crippen molar-refractivity contribution in [2.24, 2.45) is 0 Å². The maximum atomic E-state index is 12.7. The van der Waals surface area contributed by atoms with Crippen LogP contribution in [-0.2, 0) is 16.4 Å². The third-order valence-corrected chi connectivity index (χ3v) is 3.70. The first-order valence-electron chi connectivity index (χ1n) is 5.67. The Morgan fingerprint density at radius 1 is 1.28 bits per heavy atom. The number of amides is 1. The van der Waals surface area contributed by atoms with E-state index in [2.05, 4.69) is 10.6 Å². The van der Waals surface area contributed by atoms with E-state index in [1.165, 1.54) is 6.07 Å². The molecule has 1 amide bonds. The lowest BCUT2D eigenvalue weighted by Crippen LogP contribution is -2.36. The lowest BCUT2D eigenvalue weighted by Gasteiger charge is -2.20. The van der Waals surface area contributed by atoms with E-state index in [1.54, 1.807) is 0 Å². The van der Waals surface area contributed by atoms with Crippen molar-refractivity contribution in [2.45, 2.75) is 18.0 Å². The number of alkyl halides is 3. The molecule has 2 aliphatic heterocycles. The Kier molecular flexibility index (Phi) is 2.22. The molecular weight excluding hydrogens is 245 g/mol. The summed E-state index contributed by atoms with van der Waals surface area (Å²) in [6.07, 6.45) is -3.85. The predicted octanol–water partition coefficient (Wildman–Crippen LogP) is 1.89. The van der Waals surface area contributed by atoms with Gasteiger partial charge >= 0.3 is 6.18 Å². The minimum Gasteiger partial charge on any atom is -0.325 e. The minimum atomic E-state index is -4.38. The summed E-state index contributed by atoms with van der Waals surface area (Å²) in [6.45, 7) is 1.04. The standard InChI is InChI=1S/C12H11F3N2O/c13-12(14,15)7-1-2-9-8(5-7)11(10(18)17-9)3-4-16-6-11/h1-2,5,16H,3-4,6H2,(H,17,18)/t11-/m0/s1. The van der Waals surface area contributed by atoms with E-state index >= 15 is 0 Å². The van der Waals surface area contributed by atoms with Crippen LogP contribution in [0.1, 0.15) is 17.5 Å².